The molecular formula is C21H24N4. The fourth-order valence-corrected chi connectivity index (χ4v) is 3.55. The lowest BCUT2D eigenvalue weighted by Crippen LogP contribution is -2.34. The van der Waals surface area contributed by atoms with E-state index in [-0.39, 0.29) is 0 Å². The lowest BCUT2D eigenvalue weighted by atomic mass is 9.94. The first-order valence-electron chi connectivity index (χ1n) is 9.12. The van der Waals surface area contributed by atoms with E-state index < -0.39 is 0 Å². The molecule has 0 radical (unpaired) electrons. The minimum absolute atomic E-state index is 0.533. The van der Waals surface area contributed by atoms with Crippen molar-refractivity contribution in [2.75, 3.05) is 19.6 Å². The van der Waals surface area contributed by atoms with Gasteiger partial charge in [-0.2, -0.15) is 0 Å². The molecule has 25 heavy (non-hydrogen) atoms. The molecule has 2 aromatic carbocycles. The smallest absolute Gasteiger partial charge is 0.0863 e. The summed E-state index contributed by atoms with van der Waals surface area (Å²) in [7, 11) is 0. The number of aromatic nitrogens is 3. The number of benzene rings is 2. The molecule has 0 N–H and O–H groups in total. The van der Waals surface area contributed by atoms with Crippen molar-refractivity contribution in [3.8, 4) is 5.69 Å². The number of hydrogen-bond acceptors (Lipinski definition) is 3. The minimum Gasteiger partial charge on any atom is -0.303 e. The van der Waals surface area contributed by atoms with E-state index in [1.54, 1.807) is 0 Å². The molecule has 4 rings (SSSR count). The van der Waals surface area contributed by atoms with Crippen LogP contribution in [0.25, 0.3) is 5.69 Å². The first-order chi connectivity index (χ1) is 12.4. The molecule has 1 aliphatic heterocycles. The van der Waals surface area contributed by atoms with Crippen molar-refractivity contribution in [1.29, 1.82) is 0 Å². The number of piperidine rings is 1. The second-order valence-electron chi connectivity index (χ2n) is 6.78. The van der Waals surface area contributed by atoms with Crippen molar-refractivity contribution in [1.82, 2.24) is 19.9 Å². The summed E-state index contributed by atoms with van der Waals surface area (Å²) in [5.41, 5.74) is 3.63. The summed E-state index contributed by atoms with van der Waals surface area (Å²) >= 11 is 0. The molecule has 1 saturated heterocycles. The Morgan fingerprint density at radius 2 is 1.56 bits per heavy atom. The van der Waals surface area contributed by atoms with E-state index in [0.717, 1.165) is 37.4 Å². The van der Waals surface area contributed by atoms with Crippen molar-refractivity contribution in [2.45, 2.75) is 25.2 Å². The van der Waals surface area contributed by atoms with E-state index in [4.69, 9.17) is 0 Å². The van der Waals surface area contributed by atoms with Crippen molar-refractivity contribution < 1.29 is 0 Å². The zero-order valence-corrected chi connectivity index (χ0v) is 14.5. The SMILES string of the molecule is c1ccc(CCN2CCC(c3cn(-c4ccccc4)nn3)CC2)cc1. The van der Waals surface area contributed by atoms with E-state index in [2.05, 4.69) is 63.9 Å². The second kappa shape index (κ2) is 7.62. The van der Waals surface area contributed by atoms with Crippen LogP contribution in [0, 0.1) is 0 Å². The number of rotatable bonds is 5. The van der Waals surface area contributed by atoms with Crippen LogP contribution < -0.4 is 0 Å². The van der Waals surface area contributed by atoms with Crippen molar-refractivity contribution in [3.05, 3.63) is 78.1 Å². The molecule has 1 aromatic heterocycles. The summed E-state index contributed by atoms with van der Waals surface area (Å²) in [5.74, 6) is 0.533. The van der Waals surface area contributed by atoms with Gasteiger partial charge in [-0.15, -0.1) is 5.10 Å². The zero-order chi connectivity index (χ0) is 16.9. The normalized spacial score (nSPS) is 16.2. The molecule has 0 saturated carbocycles. The van der Waals surface area contributed by atoms with Gasteiger partial charge >= 0.3 is 0 Å². The Kier molecular flexibility index (Phi) is 4.89. The van der Waals surface area contributed by atoms with Crippen LogP contribution in [-0.2, 0) is 6.42 Å². The summed E-state index contributed by atoms with van der Waals surface area (Å²) in [6, 6.07) is 21.0. The average Bonchev–Trinajstić information content (AvgIpc) is 3.19. The van der Waals surface area contributed by atoms with E-state index in [9.17, 15) is 0 Å². The van der Waals surface area contributed by atoms with Crippen LogP contribution >= 0.6 is 0 Å². The monoisotopic (exact) mass is 332 g/mol. The third-order valence-corrected chi connectivity index (χ3v) is 5.10. The van der Waals surface area contributed by atoms with Gasteiger partial charge < -0.3 is 4.90 Å². The maximum atomic E-state index is 4.43. The van der Waals surface area contributed by atoms with Crippen LogP contribution in [0.3, 0.4) is 0 Å². The molecule has 128 valence electrons. The van der Waals surface area contributed by atoms with Crippen molar-refractivity contribution in [3.63, 3.8) is 0 Å². The number of hydrogen-bond donors (Lipinski definition) is 0. The average molecular weight is 332 g/mol. The molecule has 3 aromatic rings. The number of para-hydroxylation sites is 1. The second-order valence-corrected chi connectivity index (χ2v) is 6.78. The Morgan fingerprint density at radius 1 is 0.880 bits per heavy atom. The fourth-order valence-electron chi connectivity index (χ4n) is 3.55. The summed E-state index contributed by atoms with van der Waals surface area (Å²) in [4.78, 5) is 2.57. The van der Waals surface area contributed by atoms with Gasteiger partial charge in [-0.25, -0.2) is 4.68 Å². The molecule has 1 fully saturated rings. The summed E-state index contributed by atoms with van der Waals surface area (Å²) in [6.45, 7) is 3.44. The van der Waals surface area contributed by atoms with Gasteiger partial charge in [-0.1, -0.05) is 53.7 Å². The van der Waals surface area contributed by atoms with E-state index >= 15 is 0 Å². The highest BCUT2D eigenvalue weighted by atomic mass is 15.4. The van der Waals surface area contributed by atoms with Gasteiger partial charge in [0.15, 0.2) is 0 Å². The Bertz CT molecular complexity index is 774. The van der Waals surface area contributed by atoms with Gasteiger partial charge in [0, 0.05) is 12.5 Å². The molecule has 4 nitrogen and oxygen atoms in total. The van der Waals surface area contributed by atoms with Gasteiger partial charge in [-0.3, -0.25) is 0 Å². The largest absolute Gasteiger partial charge is 0.303 e. The molecule has 0 aliphatic carbocycles. The first kappa shape index (κ1) is 16.0. The van der Waals surface area contributed by atoms with Crippen LogP contribution in [0.1, 0.15) is 30.0 Å². The molecular weight excluding hydrogens is 308 g/mol. The third kappa shape index (κ3) is 3.97. The van der Waals surface area contributed by atoms with Crippen LogP contribution in [-0.4, -0.2) is 39.5 Å². The van der Waals surface area contributed by atoms with E-state index in [0.29, 0.717) is 5.92 Å². The van der Waals surface area contributed by atoms with E-state index in [1.807, 2.05) is 22.9 Å². The van der Waals surface area contributed by atoms with Crippen molar-refractivity contribution >= 4 is 0 Å². The third-order valence-electron chi connectivity index (χ3n) is 5.10. The topological polar surface area (TPSA) is 34.0 Å². The predicted octanol–water partition coefficient (Wildman–Crippen LogP) is 3.69. The minimum atomic E-state index is 0.533. The lowest BCUT2D eigenvalue weighted by Gasteiger charge is -2.31. The molecule has 0 atom stereocenters. The highest BCUT2D eigenvalue weighted by Gasteiger charge is 2.22. The Labute approximate surface area is 149 Å². The quantitative estimate of drug-likeness (QED) is 0.714. The summed E-state index contributed by atoms with van der Waals surface area (Å²) < 4.78 is 1.89. The van der Waals surface area contributed by atoms with E-state index in [1.165, 1.54) is 18.4 Å². The standard InChI is InChI=1S/C21H24N4/c1-3-7-18(8-4-1)11-14-24-15-12-19(13-16-24)21-17-25(23-22-21)20-9-5-2-6-10-20/h1-10,17,19H,11-16H2. The molecule has 0 bridgehead atoms. The van der Waals surface area contributed by atoms with Crippen LogP contribution in [0.2, 0.25) is 0 Å². The number of nitrogens with zero attached hydrogens (tertiary/aromatic N) is 4. The molecule has 2 heterocycles. The zero-order valence-electron chi connectivity index (χ0n) is 14.5. The molecule has 0 unspecified atom stereocenters. The van der Waals surface area contributed by atoms with Gasteiger partial charge in [0.05, 0.1) is 17.6 Å². The molecule has 0 spiro atoms. The van der Waals surface area contributed by atoms with Gasteiger partial charge in [0.2, 0.25) is 0 Å². The molecule has 1 aliphatic rings. The highest BCUT2D eigenvalue weighted by Crippen LogP contribution is 2.26. The van der Waals surface area contributed by atoms with Crippen LogP contribution in [0.15, 0.2) is 66.9 Å². The van der Waals surface area contributed by atoms with Gasteiger partial charge in [-0.05, 0) is 50.0 Å². The Morgan fingerprint density at radius 3 is 2.28 bits per heavy atom. The Balaban J connectivity index is 1.31. The summed E-state index contributed by atoms with van der Waals surface area (Å²) in [6.07, 6.45) is 5.57. The summed E-state index contributed by atoms with van der Waals surface area (Å²) in [5, 5.41) is 8.74. The Hall–Kier alpha value is -2.46. The molecule has 0 amide bonds. The maximum Gasteiger partial charge on any atom is 0.0863 e. The van der Waals surface area contributed by atoms with Gasteiger partial charge in [0.25, 0.3) is 0 Å². The molecule has 4 heteroatoms. The fraction of sp³-hybridized carbons (Fsp3) is 0.333. The number of likely N-dealkylation sites (tertiary alicyclic amines) is 1. The highest BCUT2D eigenvalue weighted by molar-refractivity contribution is 5.30. The van der Waals surface area contributed by atoms with Crippen LogP contribution in [0.4, 0.5) is 0 Å². The van der Waals surface area contributed by atoms with Gasteiger partial charge in [0.1, 0.15) is 0 Å². The first-order valence-corrected chi connectivity index (χ1v) is 9.12. The maximum absolute atomic E-state index is 4.43. The van der Waals surface area contributed by atoms with Crippen LogP contribution in [0.5, 0.6) is 0 Å². The lowest BCUT2D eigenvalue weighted by molar-refractivity contribution is 0.213. The van der Waals surface area contributed by atoms with Crippen molar-refractivity contribution in [2.24, 2.45) is 0 Å². The predicted molar refractivity (Wildman–Crippen MR) is 99.9 cm³/mol.